The molecule has 0 unspecified atom stereocenters. The number of hydrogen-bond acceptors (Lipinski definition) is 3. The van der Waals surface area contributed by atoms with Crippen molar-refractivity contribution < 1.29 is 9.18 Å². The Morgan fingerprint density at radius 2 is 1.72 bits per heavy atom. The molecule has 0 aliphatic rings. The van der Waals surface area contributed by atoms with E-state index in [9.17, 15) is 9.18 Å². The Labute approximate surface area is 150 Å². The molecule has 3 aromatic rings. The van der Waals surface area contributed by atoms with Gasteiger partial charge in [0.15, 0.2) is 0 Å². The van der Waals surface area contributed by atoms with Gasteiger partial charge in [-0.05, 0) is 48.2 Å². The fourth-order valence-electron chi connectivity index (χ4n) is 2.55. The number of carbonyl (C=O) groups excluding carboxylic acids is 1. The van der Waals surface area contributed by atoms with E-state index in [4.69, 9.17) is 0 Å². The lowest BCUT2D eigenvalue weighted by atomic mass is 10.0. The summed E-state index contributed by atoms with van der Waals surface area (Å²) in [6.45, 7) is 1.82. The summed E-state index contributed by atoms with van der Waals surface area (Å²) < 4.78 is 13.0. The van der Waals surface area contributed by atoms with Crippen molar-refractivity contribution in [3.63, 3.8) is 0 Å². The fourth-order valence-corrected chi connectivity index (χ4v) is 3.36. The third-order valence-electron chi connectivity index (χ3n) is 3.88. The zero-order valence-electron chi connectivity index (χ0n) is 13.8. The van der Waals surface area contributed by atoms with E-state index in [1.807, 2.05) is 48.7 Å². The van der Waals surface area contributed by atoms with Gasteiger partial charge in [-0.15, -0.1) is 11.3 Å². The number of hydrogen-bond donors (Lipinski definition) is 2. The highest BCUT2D eigenvalue weighted by Gasteiger charge is 2.21. The van der Waals surface area contributed by atoms with Crippen LogP contribution in [-0.4, -0.2) is 11.9 Å². The predicted octanol–water partition coefficient (Wildman–Crippen LogP) is 4.59. The first-order valence-corrected chi connectivity index (χ1v) is 8.92. The minimum absolute atomic E-state index is 0.0600. The molecule has 3 nitrogen and oxygen atoms in total. The molecule has 0 spiro atoms. The van der Waals surface area contributed by atoms with Gasteiger partial charge in [0.2, 0.25) is 5.91 Å². The summed E-state index contributed by atoms with van der Waals surface area (Å²) in [5.41, 5.74) is 1.68. The highest BCUT2D eigenvalue weighted by atomic mass is 32.1. The van der Waals surface area contributed by atoms with Crippen LogP contribution in [0.1, 0.15) is 23.4 Å². The summed E-state index contributed by atoms with van der Waals surface area (Å²) in [6, 6.07) is 19.4. The molecule has 1 aromatic heterocycles. The summed E-state index contributed by atoms with van der Waals surface area (Å²) >= 11 is 1.65. The topological polar surface area (TPSA) is 41.1 Å². The van der Waals surface area contributed by atoms with Crippen LogP contribution in [0.25, 0.3) is 0 Å². The Bertz CT molecular complexity index is 803. The van der Waals surface area contributed by atoms with Gasteiger partial charge in [0.25, 0.3) is 0 Å². The molecule has 0 aliphatic heterocycles. The second-order valence-electron chi connectivity index (χ2n) is 5.74. The van der Waals surface area contributed by atoms with Crippen molar-refractivity contribution in [1.82, 2.24) is 5.32 Å². The predicted molar refractivity (Wildman–Crippen MR) is 100 cm³/mol. The SMILES string of the molecule is C[C@H](N[C@@H](c1ccccc1)c1cccs1)C(=O)Nc1ccc(F)cc1. The van der Waals surface area contributed by atoms with E-state index in [0.717, 1.165) is 10.4 Å². The van der Waals surface area contributed by atoms with E-state index < -0.39 is 6.04 Å². The number of halogens is 1. The summed E-state index contributed by atoms with van der Waals surface area (Å²) in [5.74, 6) is -0.491. The Hall–Kier alpha value is -2.50. The standard InChI is InChI=1S/C20H19FN2OS/c1-14(20(24)23-17-11-9-16(21)10-12-17)22-19(18-8-5-13-25-18)15-6-3-2-4-7-15/h2-14,19,22H,1H3,(H,23,24)/t14-,19-/m0/s1. The van der Waals surface area contributed by atoms with Gasteiger partial charge in [-0.3, -0.25) is 10.1 Å². The van der Waals surface area contributed by atoms with Crippen molar-refractivity contribution in [2.75, 3.05) is 5.32 Å². The summed E-state index contributed by atoms with van der Waals surface area (Å²) in [4.78, 5) is 13.6. The molecule has 0 fully saturated rings. The van der Waals surface area contributed by atoms with Gasteiger partial charge in [0, 0.05) is 10.6 Å². The third kappa shape index (κ3) is 4.53. The number of amides is 1. The van der Waals surface area contributed by atoms with E-state index in [-0.39, 0.29) is 17.8 Å². The van der Waals surface area contributed by atoms with E-state index in [0.29, 0.717) is 5.69 Å². The van der Waals surface area contributed by atoms with Crippen molar-refractivity contribution in [2.24, 2.45) is 0 Å². The molecule has 3 rings (SSSR count). The first-order valence-electron chi connectivity index (χ1n) is 8.04. The van der Waals surface area contributed by atoms with Gasteiger partial charge in [0.1, 0.15) is 5.82 Å². The smallest absolute Gasteiger partial charge is 0.241 e. The second kappa shape index (κ2) is 8.05. The van der Waals surface area contributed by atoms with Gasteiger partial charge in [0.05, 0.1) is 12.1 Å². The van der Waals surface area contributed by atoms with E-state index in [1.165, 1.54) is 12.1 Å². The van der Waals surface area contributed by atoms with Crippen LogP contribution in [0.15, 0.2) is 72.1 Å². The van der Waals surface area contributed by atoms with Crippen LogP contribution in [-0.2, 0) is 4.79 Å². The van der Waals surface area contributed by atoms with Gasteiger partial charge < -0.3 is 5.32 Å². The van der Waals surface area contributed by atoms with Gasteiger partial charge in [-0.25, -0.2) is 4.39 Å². The number of rotatable bonds is 6. The van der Waals surface area contributed by atoms with E-state index in [2.05, 4.69) is 16.7 Å². The lowest BCUT2D eigenvalue weighted by Gasteiger charge is -2.22. The number of carbonyl (C=O) groups is 1. The molecule has 0 aliphatic carbocycles. The summed E-state index contributed by atoms with van der Waals surface area (Å²) in [5, 5.41) is 8.22. The van der Waals surface area contributed by atoms with Crippen molar-refractivity contribution in [3.8, 4) is 0 Å². The van der Waals surface area contributed by atoms with Crippen LogP contribution in [0.3, 0.4) is 0 Å². The minimum atomic E-state index is -0.419. The molecule has 5 heteroatoms. The maximum Gasteiger partial charge on any atom is 0.241 e. The average molecular weight is 354 g/mol. The largest absolute Gasteiger partial charge is 0.325 e. The maximum absolute atomic E-state index is 13.0. The molecule has 0 radical (unpaired) electrons. The van der Waals surface area contributed by atoms with Crippen molar-refractivity contribution >= 4 is 22.9 Å². The molecule has 2 N–H and O–H groups in total. The van der Waals surface area contributed by atoms with Gasteiger partial charge >= 0.3 is 0 Å². The number of thiophene rings is 1. The van der Waals surface area contributed by atoms with E-state index in [1.54, 1.807) is 23.5 Å². The number of anilines is 1. The monoisotopic (exact) mass is 354 g/mol. The van der Waals surface area contributed by atoms with E-state index >= 15 is 0 Å². The number of nitrogens with one attached hydrogen (secondary N) is 2. The van der Waals surface area contributed by atoms with Gasteiger partial charge in [-0.1, -0.05) is 36.4 Å². The average Bonchev–Trinajstić information content (AvgIpc) is 3.16. The summed E-state index contributed by atoms with van der Waals surface area (Å²) in [7, 11) is 0. The lowest BCUT2D eigenvalue weighted by molar-refractivity contribution is -0.117. The quantitative estimate of drug-likeness (QED) is 0.680. The molecular formula is C20H19FN2OS. The van der Waals surface area contributed by atoms with Crippen molar-refractivity contribution in [2.45, 2.75) is 19.0 Å². The molecular weight excluding hydrogens is 335 g/mol. The van der Waals surface area contributed by atoms with Crippen LogP contribution in [0.4, 0.5) is 10.1 Å². The lowest BCUT2D eigenvalue weighted by Crippen LogP contribution is -2.40. The molecule has 2 atom stereocenters. The first-order chi connectivity index (χ1) is 12.1. The molecule has 0 bridgehead atoms. The van der Waals surface area contributed by atoms with Crippen molar-refractivity contribution in [3.05, 3.63) is 88.4 Å². The Morgan fingerprint density at radius 3 is 2.36 bits per heavy atom. The highest BCUT2D eigenvalue weighted by Crippen LogP contribution is 2.26. The Kier molecular flexibility index (Phi) is 5.58. The van der Waals surface area contributed by atoms with Crippen LogP contribution < -0.4 is 10.6 Å². The normalized spacial score (nSPS) is 13.2. The van der Waals surface area contributed by atoms with Crippen LogP contribution in [0, 0.1) is 5.82 Å². The molecule has 1 heterocycles. The third-order valence-corrected chi connectivity index (χ3v) is 4.82. The highest BCUT2D eigenvalue weighted by molar-refractivity contribution is 7.10. The molecule has 2 aromatic carbocycles. The zero-order chi connectivity index (χ0) is 17.6. The van der Waals surface area contributed by atoms with Crippen molar-refractivity contribution in [1.29, 1.82) is 0 Å². The van der Waals surface area contributed by atoms with Crippen LogP contribution >= 0.6 is 11.3 Å². The maximum atomic E-state index is 13.0. The summed E-state index contributed by atoms with van der Waals surface area (Å²) in [6.07, 6.45) is 0. The second-order valence-corrected chi connectivity index (χ2v) is 6.72. The molecule has 25 heavy (non-hydrogen) atoms. The Balaban J connectivity index is 1.72. The number of benzene rings is 2. The molecule has 128 valence electrons. The minimum Gasteiger partial charge on any atom is -0.325 e. The first kappa shape index (κ1) is 17.3. The van der Waals surface area contributed by atoms with Gasteiger partial charge in [-0.2, -0.15) is 0 Å². The molecule has 0 saturated carbocycles. The van der Waals surface area contributed by atoms with Crippen LogP contribution in [0.2, 0.25) is 0 Å². The molecule has 0 saturated heterocycles. The van der Waals surface area contributed by atoms with Crippen LogP contribution in [0.5, 0.6) is 0 Å². The Morgan fingerprint density at radius 1 is 1.00 bits per heavy atom. The molecule has 1 amide bonds. The zero-order valence-corrected chi connectivity index (χ0v) is 14.6. The fraction of sp³-hybridized carbons (Fsp3) is 0.150.